The summed E-state index contributed by atoms with van der Waals surface area (Å²) in [5.74, 6) is -2.00. The maximum atomic E-state index is 13.6. The van der Waals surface area contributed by atoms with Crippen LogP contribution in [0.1, 0.15) is 83.6 Å². The van der Waals surface area contributed by atoms with Crippen LogP contribution in [0.5, 0.6) is 5.75 Å². The molecule has 2 aliphatic heterocycles. The number of fused-ring (bicyclic) bond motifs is 3. The number of hydrogen-bond acceptors (Lipinski definition) is 6. The van der Waals surface area contributed by atoms with Crippen molar-refractivity contribution >= 4 is 31.0 Å². The van der Waals surface area contributed by atoms with Gasteiger partial charge in [0, 0.05) is 13.0 Å². The number of phenolic OH excluding ortho intramolecular Hbond substituents is 1. The third-order valence-electron chi connectivity index (χ3n) is 8.64. The molecule has 4 rings (SSSR count). The number of hydrogen-bond donors (Lipinski definition) is 3. The van der Waals surface area contributed by atoms with Gasteiger partial charge in [0.15, 0.2) is 0 Å². The van der Waals surface area contributed by atoms with Crippen molar-refractivity contribution < 1.29 is 34.3 Å². The average molecular weight is 551 g/mol. The highest BCUT2D eigenvalue weighted by Gasteiger charge is 2.56. The minimum atomic E-state index is -0.992. The van der Waals surface area contributed by atoms with E-state index in [9.17, 15) is 24.5 Å². The molecule has 4 atom stereocenters. The van der Waals surface area contributed by atoms with Crippen LogP contribution in [0, 0.1) is 17.8 Å². The molecule has 1 aromatic rings. The second kappa shape index (κ2) is 13.6. The van der Waals surface area contributed by atoms with Gasteiger partial charge < -0.3 is 19.9 Å². The maximum absolute atomic E-state index is 13.6. The van der Waals surface area contributed by atoms with Crippen molar-refractivity contribution in [3.8, 4) is 5.75 Å². The first kappa shape index (κ1) is 30.1. The molecule has 9 heteroatoms. The fourth-order valence-electron chi connectivity index (χ4n) is 6.87. The lowest BCUT2D eigenvalue weighted by Crippen LogP contribution is -2.46. The van der Waals surface area contributed by atoms with Crippen LogP contribution in [0.25, 0.3) is 6.08 Å². The van der Waals surface area contributed by atoms with Crippen LogP contribution in [-0.2, 0) is 19.0 Å². The molecule has 0 radical (unpaired) electrons. The van der Waals surface area contributed by atoms with Crippen LogP contribution in [0.2, 0.25) is 6.32 Å². The van der Waals surface area contributed by atoms with Crippen LogP contribution >= 0.6 is 0 Å². The molecule has 2 heterocycles. The van der Waals surface area contributed by atoms with E-state index in [1.54, 1.807) is 12.1 Å². The van der Waals surface area contributed by atoms with Gasteiger partial charge in [0.1, 0.15) is 5.75 Å². The molecule has 3 aliphatic rings. The lowest BCUT2D eigenvalue weighted by Gasteiger charge is -2.43. The van der Waals surface area contributed by atoms with Crippen molar-refractivity contribution in [1.82, 2.24) is 4.90 Å². The van der Waals surface area contributed by atoms with Crippen LogP contribution in [0.4, 0.5) is 0 Å². The summed E-state index contributed by atoms with van der Waals surface area (Å²) in [5.41, 5.74) is 4.45. The molecule has 0 unspecified atom stereocenters. The Hall–Kier alpha value is -2.91. The molecule has 2 saturated heterocycles. The van der Waals surface area contributed by atoms with Gasteiger partial charge >= 0.3 is 13.1 Å². The molecule has 1 aromatic carbocycles. The highest BCUT2D eigenvalue weighted by atomic mass is 16.5. The first-order valence-electron chi connectivity index (χ1n) is 14.8. The van der Waals surface area contributed by atoms with Gasteiger partial charge in [0.25, 0.3) is 0 Å². The molecule has 216 valence electrons. The molecule has 40 heavy (non-hydrogen) atoms. The van der Waals surface area contributed by atoms with Gasteiger partial charge in [-0.25, -0.2) is 0 Å². The highest BCUT2D eigenvalue weighted by Crippen LogP contribution is 2.51. The Bertz CT molecular complexity index is 1160. The smallest absolute Gasteiger partial charge is 0.455 e. The Kier molecular flexibility index (Phi) is 10.2. The van der Waals surface area contributed by atoms with E-state index in [1.165, 1.54) is 16.0 Å². The van der Waals surface area contributed by atoms with E-state index in [-0.39, 0.29) is 36.0 Å². The third-order valence-corrected chi connectivity index (χ3v) is 8.64. The van der Waals surface area contributed by atoms with E-state index in [0.717, 1.165) is 36.8 Å². The summed E-state index contributed by atoms with van der Waals surface area (Å²) in [6.45, 7) is 4.52. The minimum Gasteiger partial charge on any atom is -0.508 e. The van der Waals surface area contributed by atoms with Crippen LogP contribution in [0.15, 0.2) is 41.0 Å². The topological polar surface area (TPSA) is 124 Å². The Morgan fingerprint density at radius 1 is 1.10 bits per heavy atom. The lowest BCUT2D eigenvalue weighted by molar-refractivity contribution is -0.141. The summed E-state index contributed by atoms with van der Waals surface area (Å²) >= 11 is 0. The van der Waals surface area contributed by atoms with Crippen molar-refractivity contribution in [3.63, 3.8) is 0 Å². The van der Waals surface area contributed by atoms with Crippen LogP contribution < -0.4 is 0 Å². The minimum absolute atomic E-state index is 0.0879. The summed E-state index contributed by atoms with van der Waals surface area (Å²) in [7, 11) is -0.992. The zero-order valence-electron chi connectivity index (χ0n) is 23.7. The third kappa shape index (κ3) is 6.86. The van der Waals surface area contributed by atoms with Crippen LogP contribution in [-0.4, -0.2) is 57.7 Å². The van der Waals surface area contributed by atoms with Crippen molar-refractivity contribution in [2.45, 2.75) is 90.5 Å². The first-order chi connectivity index (χ1) is 19.2. The molecule has 2 amide bonds. The zero-order valence-corrected chi connectivity index (χ0v) is 23.7. The molecule has 0 saturated carbocycles. The second-order valence-corrected chi connectivity index (χ2v) is 11.4. The van der Waals surface area contributed by atoms with E-state index in [1.807, 2.05) is 12.1 Å². The Labute approximate surface area is 237 Å². The van der Waals surface area contributed by atoms with Crippen molar-refractivity contribution in [2.75, 3.05) is 6.54 Å². The van der Waals surface area contributed by atoms with Gasteiger partial charge in [0.2, 0.25) is 11.8 Å². The van der Waals surface area contributed by atoms with E-state index < -0.39 is 24.9 Å². The molecular weight excluding hydrogens is 509 g/mol. The number of nitrogens with zero attached hydrogens (tertiary/aromatic N) is 1. The number of carbonyl (C=O) groups excluding carboxylic acids is 2. The number of benzene rings is 1. The van der Waals surface area contributed by atoms with E-state index in [4.69, 9.17) is 9.76 Å². The van der Waals surface area contributed by atoms with Gasteiger partial charge in [-0.2, -0.15) is 0 Å². The van der Waals surface area contributed by atoms with Gasteiger partial charge in [0.05, 0.1) is 17.9 Å². The average Bonchev–Trinajstić information content (AvgIpc) is 3.15. The normalized spacial score (nSPS) is 24.9. The number of carboxylic acids is 1. The number of carboxylic acid groups (broad SMARTS) is 1. The van der Waals surface area contributed by atoms with Crippen molar-refractivity contribution in [1.29, 1.82) is 0 Å². The standard InChI is InChI=1S/C31H42BNO7/c1-3-9-20(16-21-10-8-11-23(34)17-21)13-14-26-28-22(4-2)18-24-29(25(28)19-32(39)40-26)31(38)33(30(24)37)15-7-5-6-12-27(35)36/h8,10-11,16-17,24-26,29,34,39H,3-7,9,12-15,18-19H2,1-2H3,(H,35,36)/b20-16+/t24-,25+,26-,29-/m1/s1. The van der Waals surface area contributed by atoms with E-state index in [2.05, 4.69) is 19.9 Å². The summed E-state index contributed by atoms with van der Waals surface area (Å²) < 4.78 is 6.11. The van der Waals surface area contributed by atoms with Crippen molar-refractivity contribution in [3.05, 3.63) is 46.5 Å². The number of allylic oxidation sites excluding steroid dienone is 2. The Balaban J connectivity index is 1.51. The number of likely N-dealkylation sites (tertiary alicyclic amines) is 1. The predicted molar refractivity (Wildman–Crippen MR) is 153 cm³/mol. The largest absolute Gasteiger partial charge is 0.508 e. The summed E-state index contributed by atoms with van der Waals surface area (Å²) in [5, 5.41) is 29.5. The summed E-state index contributed by atoms with van der Waals surface area (Å²) in [4.78, 5) is 39.2. The Morgan fingerprint density at radius 3 is 2.60 bits per heavy atom. The Morgan fingerprint density at radius 2 is 1.90 bits per heavy atom. The number of carbonyl (C=O) groups is 3. The number of aliphatic carboxylic acids is 1. The molecule has 0 aromatic heterocycles. The molecular formula is C31H42BNO7. The molecule has 3 N–H and O–H groups in total. The number of amides is 2. The fourth-order valence-corrected chi connectivity index (χ4v) is 6.87. The highest BCUT2D eigenvalue weighted by molar-refractivity contribution is 6.43. The fraction of sp³-hybridized carbons (Fsp3) is 0.581. The van der Waals surface area contributed by atoms with E-state index in [0.29, 0.717) is 45.0 Å². The quantitative estimate of drug-likeness (QED) is 0.133. The number of rotatable bonds is 13. The maximum Gasteiger partial charge on any atom is 0.455 e. The monoisotopic (exact) mass is 551 g/mol. The molecule has 0 spiro atoms. The zero-order chi connectivity index (χ0) is 28.8. The van der Waals surface area contributed by atoms with Gasteiger partial charge in [-0.15, -0.1) is 0 Å². The van der Waals surface area contributed by atoms with Crippen LogP contribution in [0.3, 0.4) is 0 Å². The van der Waals surface area contributed by atoms with Gasteiger partial charge in [-0.3, -0.25) is 19.3 Å². The number of unbranched alkanes of at least 4 members (excludes halogenated alkanes) is 2. The second-order valence-electron chi connectivity index (χ2n) is 11.4. The number of imide groups is 1. The molecule has 8 nitrogen and oxygen atoms in total. The molecule has 2 fully saturated rings. The molecule has 1 aliphatic carbocycles. The lowest BCUT2D eigenvalue weighted by atomic mass is 9.58. The summed E-state index contributed by atoms with van der Waals surface area (Å²) in [6, 6.07) is 7.18. The number of aromatic hydroxyl groups is 1. The summed E-state index contributed by atoms with van der Waals surface area (Å²) in [6.07, 6.45) is 8.59. The number of phenols is 1. The predicted octanol–water partition coefficient (Wildman–Crippen LogP) is 5.21. The SMILES string of the molecule is CCC/C(=C\c1cccc(O)c1)CC[C@H]1OB(O)C[C@H]2C1=C(CC)C[C@H]1C(=O)N(CCCCCC(=O)O)C(=O)[C@H]12. The van der Waals surface area contributed by atoms with Gasteiger partial charge in [-0.1, -0.05) is 56.0 Å². The molecule has 0 bridgehead atoms. The van der Waals surface area contributed by atoms with Gasteiger partial charge in [-0.05, 0) is 80.5 Å². The van der Waals surface area contributed by atoms with Crippen molar-refractivity contribution in [2.24, 2.45) is 17.8 Å². The van der Waals surface area contributed by atoms with E-state index >= 15 is 0 Å². The first-order valence-corrected chi connectivity index (χ1v) is 14.8.